The first kappa shape index (κ1) is 12.0. The lowest BCUT2D eigenvalue weighted by atomic mass is 9.69. The highest BCUT2D eigenvalue weighted by Crippen LogP contribution is 2.57. The molecule has 3 heterocycles. The number of aromatic nitrogens is 4. The van der Waals surface area contributed by atoms with Crippen molar-refractivity contribution in [2.24, 2.45) is 5.92 Å². The third-order valence-corrected chi connectivity index (χ3v) is 4.44. The van der Waals surface area contributed by atoms with Crippen molar-refractivity contribution in [3.05, 3.63) is 12.7 Å². The number of alkyl halides is 1. The SMILES string of the molecule is Nc1ncnc2c1ncn2[C@H]1O[C@H](CO)[C@H]2CC[C@]21F. The second-order valence-electron chi connectivity index (χ2n) is 5.36. The van der Waals surface area contributed by atoms with Gasteiger partial charge in [0.1, 0.15) is 11.8 Å². The average Bonchev–Trinajstić information content (AvgIpc) is 2.93. The van der Waals surface area contributed by atoms with Crippen molar-refractivity contribution in [3.63, 3.8) is 0 Å². The molecular weight excluding hydrogens is 265 g/mol. The fourth-order valence-electron chi connectivity index (χ4n) is 3.27. The zero-order valence-corrected chi connectivity index (χ0v) is 10.6. The Labute approximate surface area is 113 Å². The van der Waals surface area contributed by atoms with Crippen LogP contribution < -0.4 is 5.73 Å². The Hall–Kier alpha value is -1.80. The van der Waals surface area contributed by atoms with Gasteiger partial charge in [0.2, 0.25) is 0 Å². The maximum absolute atomic E-state index is 15.0. The highest BCUT2D eigenvalue weighted by molar-refractivity contribution is 5.81. The summed E-state index contributed by atoms with van der Waals surface area (Å²) >= 11 is 0. The second-order valence-corrected chi connectivity index (χ2v) is 5.36. The van der Waals surface area contributed by atoms with Crippen LogP contribution in [0.5, 0.6) is 0 Å². The molecule has 0 aromatic carbocycles. The Balaban J connectivity index is 1.82. The van der Waals surface area contributed by atoms with Gasteiger partial charge in [0.25, 0.3) is 0 Å². The van der Waals surface area contributed by atoms with Crippen LogP contribution in [0.15, 0.2) is 12.7 Å². The number of anilines is 1. The van der Waals surface area contributed by atoms with Gasteiger partial charge in [-0.25, -0.2) is 19.3 Å². The third kappa shape index (κ3) is 1.32. The summed E-state index contributed by atoms with van der Waals surface area (Å²) in [7, 11) is 0. The molecule has 0 radical (unpaired) electrons. The minimum atomic E-state index is -1.47. The summed E-state index contributed by atoms with van der Waals surface area (Å²) in [5.74, 6) is -0.0161. The number of imidazole rings is 1. The van der Waals surface area contributed by atoms with E-state index in [-0.39, 0.29) is 18.3 Å². The number of rotatable bonds is 2. The smallest absolute Gasteiger partial charge is 0.171 e. The van der Waals surface area contributed by atoms with Gasteiger partial charge in [-0.05, 0) is 12.8 Å². The van der Waals surface area contributed by atoms with Crippen molar-refractivity contribution in [2.75, 3.05) is 12.3 Å². The summed E-state index contributed by atoms with van der Waals surface area (Å²) < 4.78 is 22.3. The summed E-state index contributed by atoms with van der Waals surface area (Å²) in [6, 6.07) is 0. The van der Waals surface area contributed by atoms with E-state index in [0.717, 1.165) is 6.42 Å². The molecule has 4 rings (SSSR count). The first-order valence-electron chi connectivity index (χ1n) is 6.53. The van der Waals surface area contributed by atoms with E-state index < -0.39 is 18.0 Å². The van der Waals surface area contributed by atoms with Crippen LogP contribution in [0.4, 0.5) is 10.2 Å². The highest BCUT2D eigenvalue weighted by Gasteiger charge is 2.63. The Morgan fingerprint density at radius 1 is 1.50 bits per heavy atom. The summed E-state index contributed by atoms with van der Waals surface area (Å²) in [5.41, 5.74) is 5.14. The molecule has 0 amide bonds. The standard InChI is InChI=1S/C12H14FN5O2/c13-12-2-1-6(12)7(3-19)20-11(12)18-5-17-8-9(14)15-4-16-10(8)18/h4-7,11,19H,1-3H2,(H2,14,15,16)/t6-,7-,11+,12+/m1/s1. The number of fused-ring (bicyclic) bond motifs is 2. The van der Waals surface area contributed by atoms with Crippen LogP contribution in [0.3, 0.4) is 0 Å². The minimum Gasteiger partial charge on any atom is -0.394 e. The maximum Gasteiger partial charge on any atom is 0.171 e. The monoisotopic (exact) mass is 279 g/mol. The number of halogens is 1. The number of hydrogen-bond donors (Lipinski definition) is 2. The van der Waals surface area contributed by atoms with Crippen molar-refractivity contribution >= 4 is 17.0 Å². The molecule has 106 valence electrons. The van der Waals surface area contributed by atoms with Gasteiger partial charge in [-0.2, -0.15) is 0 Å². The maximum atomic E-state index is 15.0. The molecule has 1 saturated carbocycles. The molecule has 1 aliphatic heterocycles. The summed E-state index contributed by atoms with van der Waals surface area (Å²) in [4.78, 5) is 12.1. The largest absolute Gasteiger partial charge is 0.394 e. The number of aliphatic hydroxyl groups is 1. The van der Waals surface area contributed by atoms with Crippen LogP contribution in [0.2, 0.25) is 0 Å². The topological polar surface area (TPSA) is 99.1 Å². The molecule has 4 atom stereocenters. The van der Waals surface area contributed by atoms with Crippen LogP contribution >= 0.6 is 0 Å². The molecule has 2 aromatic rings. The quantitative estimate of drug-likeness (QED) is 0.826. The fourth-order valence-corrected chi connectivity index (χ4v) is 3.27. The zero-order chi connectivity index (χ0) is 13.9. The van der Waals surface area contributed by atoms with E-state index in [1.807, 2.05) is 0 Å². The van der Waals surface area contributed by atoms with Crippen LogP contribution in [-0.4, -0.2) is 43.0 Å². The van der Waals surface area contributed by atoms with Crippen LogP contribution in [0.1, 0.15) is 19.1 Å². The molecule has 1 saturated heterocycles. The Morgan fingerprint density at radius 2 is 2.35 bits per heavy atom. The first-order valence-corrected chi connectivity index (χ1v) is 6.53. The number of ether oxygens (including phenoxy) is 1. The van der Waals surface area contributed by atoms with E-state index in [9.17, 15) is 5.11 Å². The molecule has 2 aromatic heterocycles. The number of aliphatic hydroxyl groups excluding tert-OH is 1. The predicted molar refractivity (Wildman–Crippen MR) is 67.3 cm³/mol. The number of nitrogen functional groups attached to an aromatic ring is 1. The molecule has 2 aliphatic rings. The molecular formula is C12H14FN5O2. The van der Waals surface area contributed by atoms with Crippen molar-refractivity contribution in [1.29, 1.82) is 0 Å². The van der Waals surface area contributed by atoms with E-state index in [4.69, 9.17) is 10.5 Å². The summed E-state index contributed by atoms with van der Waals surface area (Å²) in [6.45, 7) is -0.184. The van der Waals surface area contributed by atoms with E-state index in [1.54, 1.807) is 4.57 Å². The molecule has 20 heavy (non-hydrogen) atoms. The van der Waals surface area contributed by atoms with Gasteiger partial charge in [0, 0.05) is 5.92 Å². The lowest BCUT2D eigenvalue weighted by molar-refractivity contribution is -0.0737. The normalized spacial score (nSPS) is 36.0. The lowest BCUT2D eigenvalue weighted by Crippen LogP contribution is -2.47. The van der Waals surface area contributed by atoms with Gasteiger partial charge in [-0.15, -0.1) is 0 Å². The van der Waals surface area contributed by atoms with Gasteiger partial charge in [0.15, 0.2) is 23.4 Å². The van der Waals surface area contributed by atoms with Crippen molar-refractivity contribution < 1.29 is 14.2 Å². The third-order valence-electron chi connectivity index (χ3n) is 4.44. The summed E-state index contributed by atoms with van der Waals surface area (Å²) in [5, 5.41) is 9.31. The van der Waals surface area contributed by atoms with Gasteiger partial charge in [0.05, 0.1) is 19.0 Å². The van der Waals surface area contributed by atoms with E-state index in [2.05, 4.69) is 15.0 Å². The lowest BCUT2D eigenvalue weighted by Gasteiger charge is -2.40. The van der Waals surface area contributed by atoms with Gasteiger partial charge in [-0.1, -0.05) is 0 Å². The predicted octanol–water partition coefficient (Wildman–Crippen LogP) is 0.416. The molecule has 1 aliphatic carbocycles. The highest BCUT2D eigenvalue weighted by atomic mass is 19.1. The van der Waals surface area contributed by atoms with E-state index in [1.165, 1.54) is 12.7 Å². The fraction of sp³-hybridized carbons (Fsp3) is 0.583. The molecule has 0 spiro atoms. The van der Waals surface area contributed by atoms with Crippen LogP contribution in [0.25, 0.3) is 11.2 Å². The van der Waals surface area contributed by atoms with Gasteiger partial charge >= 0.3 is 0 Å². The van der Waals surface area contributed by atoms with Crippen LogP contribution in [-0.2, 0) is 4.74 Å². The van der Waals surface area contributed by atoms with Crippen LogP contribution in [0, 0.1) is 5.92 Å². The molecule has 0 bridgehead atoms. The Kier molecular flexibility index (Phi) is 2.31. The van der Waals surface area contributed by atoms with E-state index in [0.29, 0.717) is 17.6 Å². The van der Waals surface area contributed by atoms with E-state index >= 15 is 4.39 Å². The average molecular weight is 279 g/mol. The number of nitrogens with two attached hydrogens (primary N) is 1. The van der Waals surface area contributed by atoms with Gasteiger partial charge < -0.3 is 15.6 Å². The molecule has 2 fully saturated rings. The minimum absolute atomic E-state index is 0.184. The molecule has 7 nitrogen and oxygen atoms in total. The van der Waals surface area contributed by atoms with Crippen molar-refractivity contribution in [3.8, 4) is 0 Å². The Morgan fingerprint density at radius 3 is 3.00 bits per heavy atom. The first-order chi connectivity index (χ1) is 9.65. The molecule has 0 unspecified atom stereocenters. The molecule has 8 heteroatoms. The summed E-state index contributed by atoms with van der Waals surface area (Å²) in [6.07, 6.45) is 2.63. The van der Waals surface area contributed by atoms with Crippen molar-refractivity contribution in [1.82, 2.24) is 19.5 Å². The number of hydrogen-bond acceptors (Lipinski definition) is 6. The Bertz CT molecular complexity index is 677. The zero-order valence-electron chi connectivity index (χ0n) is 10.6. The second kappa shape index (κ2) is 3.86. The van der Waals surface area contributed by atoms with Crippen molar-refractivity contribution in [2.45, 2.75) is 30.8 Å². The molecule has 3 N–H and O–H groups in total. The number of nitrogens with zero attached hydrogens (tertiary/aromatic N) is 4. The van der Waals surface area contributed by atoms with Gasteiger partial charge in [-0.3, -0.25) is 4.57 Å².